The zero-order valence-corrected chi connectivity index (χ0v) is 76.3. The number of fused-ring (bicyclic) bond motifs is 3. The number of hydrogen-bond acceptors (Lipinski definition) is 23. The first-order valence-electron chi connectivity index (χ1n) is 45.4. The van der Waals surface area contributed by atoms with Crippen LogP contribution in [0, 0.1) is 10.8 Å². The van der Waals surface area contributed by atoms with Gasteiger partial charge in [0.05, 0.1) is 44.8 Å². The van der Waals surface area contributed by atoms with Crippen LogP contribution in [-0.2, 0) is 94.4 Å². The van der Waals surface area contributed by atoms with Gasteiger partial charge in [0.2, 0.25) is 53.2 Å². The first-order chi connectivity index (χ1) is 66.8. The summed E-state index contributed by atoms with van der Waals surface area (Å²) in [6.07, 6.45) is 4.49. The van der Waals surface area contributed by atoms with Gasteiger partial charge in [0, 0.05) is 156 Å². The molecule has 9 aromatic rings. The van der Waals surface area contributed by atoms with E-state index < -0.39 is 189 Å². The number of guanidine groups is 2. The highest BCUT2D eigenvalue weighted by molar-refractivity contribution is 6.09. The lowest BCUT2D eigenvalue weighted by Crippen LogP contribution is -2.62. The molecule has 738 valence electrons. The van der Waals surface area contributed by atoms with Gasteiger partial charge in [-0.2, -0.15) is 0 Å². The van der Waals surface area contributed by atoms with E-state index in [1.165, 1.54) is 17.4 Å². The Bertz CT molecular complexity index is 5810. The molecular weight excluding hydrogens is 1800 g/mol. The molecular formula is C94H118N26O19. The number of carbonyl (C=O) groups excluding carboxylic acids is 12. The van der Waals surface area contributed by atoms with Crippen LogP contribution >= 0.6 is 0 Å². The minimum Gasteiger partial charge on any atom is -0.480 e. The number of ketones is 1. The second-order valence-corrected chi connectivity index (χ2v) is 34.0. The number of carboxylic acids is 3. The summed E-state index contributed by atoms with van der Waals surface area (Å²) in [6.45, 7) is -2.26. The quantitative estimate of drug-likeness (QED) is 0.00635. The molecule has 0 bridgehead atoms. The van der Waals surface area contributed by atoms with Gasteiger partial charge in [0.15, 0.2) is 17.7 Å². The number of aromatic nitrogens is 4. The van der Waals surface area contributed by atoms with Crippen molar-refractivity contribution in [2.75, 3.05) is 105 Å². The molecule has 5 heterocycles. The average Bonchev–Trinajstić information content (AvgIpc) is 1.75. The van der Waals surface area contributed by atoms with E-state index in [-0.39, 0.29) is 141 Å². The van der Waals surface area contributed by atoms with Crippen molar-refractivity contribution in [2.45, 2.75) is 125 Å². The summed E-state index contributed by atoms with van der Waals surface area (Å²) in [4.78, 5) is 234. The Kier molecular flexibility index (Phi) is 38.3. The van der Waals surface area contributed by atoms with Crippen LogP contribution in [0.2, 0.25) is 0 Å². The third-order valence-corrected chi connectivity index (χ3v) is 23.8. The minimum absolute atomic E-state index is 0.00519. The van der Waals surface area contributed by atoms with E-state index in [4.69, 9.17) is 28.0 Å². The van der Waals surface area contributed by atoms with E-state index in [9.17, 15) is 54.0 Å². The van der Waals surface area contributed by atoms with Crippen LogP contribution in [0.15, 0.2) is 171 Å². The number of aliphatic carboxylic acids is 3. The maximum absolute atomic E-state index is 15.5. The van der Waals surface area contributed by atoms with Gasteiger partial charge in [0.1, 0.15) is 54.4 Å². The molecule has 6 aromatic carbocycles. The van der Waals surface area contributed by atoms with Crippen LogP contribution < -0.4 is 81.2 Å². The molecule has 27 N–H and O–H groups in total. The number of para-hydroxylation sites is 2. The number of H-pyrrole nitrogens is 3. The molecule has 0 saturated carbocycles. The van der Waals surface area contributed by atoms with Crippen molar-refractivity contribution in [1.82, 2.24) is 108 Å². The zero-order valence-electron chi connectivity index (χ0n) is 76.3. The molecule has 12 amide bonds. The van der Waals surface area contributed by atoms with Crippen molar-refractivity contribution in [3.63, 3.8) is 0 Å². The zero-order chi connectivity index (χ0) is 99.6. The summed E-state index contributed by atoms with van der Waals surface area (Å²) in [7, 11) is 0. The number of nitrogens with zero attached hydrogens (tertiary/aromatic N) is 6. The van der Waals surface area contributed by atoms with Crippen molar-refractivity contribution in [3.8, 4) is 0 Å². The molecule has 139 heavy (non-hydrogen) atoms. The Morgan fingerprint density at radius 2 is 0.842 bits per heavy atom. The molecule has 2 aliphatic heterocycles. The number of nitrogens with two attached hydrogens (primary N) is 3. The Morgan fingerprint density at radius 3 is 1.32 bits per heavy atom. The van der Waals surface area contributed by atoms with Crippen LogP contribution in [0.4, 0.5) is 4.79 Å². The fourth-order valence-corrected chi connectivity index (χ4v) is 16.7. The molecule has 2 aliphatic rings. The van der Waals surface area contributed by atoms with Gasteiger partial charge in [-0.1, -0.05) is 133 Å². The van der Waals surface area contributed by atoms with E-state index in [1.807, 2.05) is 41.8 Å². The highest BCUT2D eigenvalue weighted by Crippen LogP contribution is 2.26. The van der Waals surface area contributed by atoms with E-state index in [2.05, 4.69) is 78.5 Å². The molecule has 2 fully saturated rings. The lowest BCUT2D eigenvalue weighted by molar-refractivity contribution is -0.142. The van der Waals surface area contributed by atoms with Crippen molar-refractivity contribution < 1.29 is 92.3 Å². The third-order valence-electron chi connectivity index (χ3n) is 23.8. The Labute approximate surface area is 797 Å². The molecule has 45 nitrogen and oxygen atoms in total. The SMILES string of the molecule is N=C(N)NCCC[C@H](NC(=O)[C@H](Cc1ccc2ccccc2c1)NC(=O)CN1CCN(CC(=O)O)CCN(CC(=O)O)CCN(CC(=O)O)CC1)C(=O)NC(Cc1c[nH]c2ccccc12)C(=O)N[C@@H](CO)C(=O)N[C@@H](Cc1c[nH]cn1)C(=O)N[C@H](CCCNC(=N)N)C(=O)N[C@@H](Cc1c[nH]c2ccccc12)C(=O)N[C@@H](Cc1ccc(C(=O)c2ccccc2)cc1)C(=O)N1CCC[C@H]1C(=O)NNC(N)=O. The Hall–Kier alpha value is -15.7. The highest BCUT2D eigenvalue weighted by Gasteiger charge is 2.41. The smallest absolute Gasteiger partial charge is 0.330 e. The van der Waals surface area contributed by atoms with Crippen LogP contribution in [0.1, 0.15) is 82.4 Å². The molecule has 1 unspecified atom stereocenters. The summed E-state index contributed by atoms with van der Waals surface area (Å²) in [5, 5.41) is 86.7. The first kappa shape index (κ1) is 104. The van der Waals surface area contributed by atoms with Crippen LogP contribution in [0.3, 0.4) is 0 Å². The van der Waals surface area contributed by atoms with E-state index in [1.54, 1.807) is 141 Å². The Balaban J connectivity index is 0.855. The van der Waals surface area contributed by atoms with Gasteiger partial charge in [-0.15, -0.1) is 0 Å². The normalized spacial score (nSPS) is 15.7. The second kappa shape index (κ2) is 51.3. The summed E-state index contributed by atoms with van der Waals surface area (Å²) >= 11 is 0. The lowest BCUT2D eigenvalue weighted by Gasteiger charge is -2.33. The second-order valence-electron chi connectivity index (χ2n) is 34.0. The Morgan fingerprint density at radius 1 is 0.424 bits per heavy atom. The number of imidazole rings is 1. The average molecular weight is 1920 g/mol. The number of hydrogen-bond donors (Lipinski definition) is 24. The topological polar surface area (TPSA) is 684 Å². The van der Waals surface area contributed by atoms with Crippen LogP contribution in [0.25, 0.3) is 32.6 Å². The molecule has 2 saturated heterocycles. The number of benzene rings is 6. The number of aliphatic hydroxyl groups excluding tert-OH is 1. The lowest BCUT2D eigenvalue weighted by atomic mass is 9.98. The standard InChI is InChI=1S/C94H118N26O19/c95-92(96)101-30-10-21-69(107-85(132)71(43-57-26-27-58-13-4-5-16-61(58)41-57)106-78(122)50-116-33-35-117(51-79(123)124)37-39-119(53-81(127)128)40-38-118(36-34-116)52-80(125)126)83(130)110-73(45-63-48-104-68-20-9-7-18-66(63)68)87(134)113-76(54-121)89(136)111-74(46-64-49-100-55-105-64)88(135)108-70(22-11-31-102-93(97)98)84(131)109-72(44-62-47-103-67-19-8-6-17-65(62)67)86(133)112-75(91(138)120-32-12-23-77(120)90(137)114-115-94(99)139)42-56-24-28-60(29-25-56)82(129)59-14-2-1-3-15-59/h1-9,13-20,24-29,41,47-49,55,69-77,103-104,121H,10-12,21-23,30-40,42-46,50-54H2,(H,100,105)(H,106,122)(H,107,132)(H,108,135)(H,109,131)(H,110,130)(H,111,136)(H,112,133)(H,113,134)(H,114,137)(H,123,124)(H,125,126)(H,127,128)(H4,95,96,101)(H4,97,98,102)(H3,99,115,139)/t69-,70+,71-,72-,73?,74-,75-,76-,77-/m0/s1. The number of amides is 12. The predicted molar refractivity (Wildman–Crippen MR) is 509 cm³/mol. The van der Waals surface area contributed by atoms with Gasteiger partial charge in [-0.3, -0.25) is 103 Å². The van der Waals surface area contributed by atoms with Gasteiger partial charge in [-0.25, -0.2) is 15.2 Å². The number of aliphatic hydroxyl groups is 1. The van der Waals surface area contributed by atoms with Crippen LogP contribution in [0.5, 0.6) is 0 Å². The number of hydrazine groups is 1. The van der Waals surface area contributed by atoms with Gasteiger partial charge in [0.25, 0.3) is 5.91 Å². The van der Waals surface area contributed by atoms with E-state index in [0.29, 0.717) is 61.6 Å². The largest absolute Gasteiger partial charge is 0.480 e. The number of primary amides is 1. The molecule has 3 aromatic heterocycles. The van der Waals surface area contributed by atoms with Crippen molar-refractivity contribution >= 4 is 133 Å². The number of likely N-dealkylation sites (tertiary alicyclic amines) is 1. The predicted octanol–water partition coefficient (Wildman–Crippen LogP) is -2.17. The fraction of sp³-hybridized carbons (Fsp3) is 0.383. The number of aromatic amines is 3. The van der Waals surface area contributed by atoms with Crippen molar-refractivity contribution in [2.24, 2.45) is 17.2 Å². The van der Waals surface area contributed by atoms with E-state index >= 15 is 38.4 Å². The van der Waals surface area contributed by atoms with Gasteiger partial charge < -0.3 is 111 Å². The number of rotatable bonds is 46. The fourth-order valence-electron chi connectivity index (χ4n) is 16.7. The number of carboxylic acid groups (broad SMARTS) is 3. The maximum Gasteiger partial charge on any atom is 0.330 e. The highest BCUT2D eigenvalue weighted by atomic mass is 16.4. The number of nitrogens with one attached hydrogen (secondary N) is 17. The van der Waals surface area contributed by atoms with Crippen molar-refractivity contribution in [1.29, 1.82) is 10.8 Å². The minimum atomic E-state index is -1.95. The molecule has 9 atom stereocenters. The van der Waals surface area contributed by atoms with Crippen molar-refractivity contribution in [3.05, 3.63) is 210 Å². The number of carbonyl (C=O) groups is 15. The van der Waals surface area contributed by atoms with Gasteiger partial charge >= 0.3 is 23.9 Å². The third kappa shape index (κ3) is 31.7. The summed E-state index contributed by atoms with van der Waals surface area (Å²) < 4.78 is 0. The summed E-state index contributed by atoms with van der Waals surface area (Å²) in [5.74, 6) is -14.0. The van der Waals surface area contributed by atoms with Crippen LogP contribution in [-0.4, -0.2) is 325 Å². The monoisotopic (exact) mass is 1910 g/mol. The first-order valence-corrected chi connectivity index (χ1v) is 45.4. The molecule has 11 rings (SSSR count). The summed E-state index contributed by atoms with van der Waals surface area (Å²) in [5.41, 5.74) is 25.0. The molecule has 0 spiro atoms. The summed E-state index contributed by atoms with van der Waals surface area (Å²) in [6, 6.07) is 26.3. The molecule has 0 aliphatic carbocycles. The molecule has 45 heteroatoms. The molecule has 0 radical (unpaired) electrons. The number of urea groups is 1. The van der Waals surface area contributed by atoms with Gasteiger partial charge in [-0.05, 0) is 83.7 Å². The maximum atomic E-state index is 15.5. The van der Waals surface area contributed by atoms with E-state index in [0.717, 1.165) is 10.8 Å².